The predicted molar refractivity (Wildman–Crippen MR) is 68.4 cm³/mol. The van der Waals surface area contributed by atoms with E-state index < -0.39 is 0 Å². The first-order valence-corrected chi connectivity index (χ1v) is 5.82. The van der Waals surface area contributed by atoms with Gasteiger partial charge in [-0.15, -0.1) is 0 Å². The zero-order valence-electron chi connectivity index (χ0n) is 11.0. The molecule has 3 nitrogen and oxygen atoms in total. The summed E-state index contributed by atoms with van der Waals surface area (Å²) in [4.78, 5) is 11.7. The maximum absolute atomic E-state index is 11.7. The Hall–Kier alpha value is -1.35. The lowest BCUT2D eigenvalue weighted by Crippen LogP contribution is -2.34. The van der Waals surface area contributed by atoms with Crippen molar-refractivity contribution in [2.45, 2.75) is 40.8 Å². The van der Waals surface area contributed by atoms with Crippen molar-refractivity contribution in [3.05, 3.63) is 34.9 Å². The largest absolute Gasteiger partial charge is 0.392 e. The summed E-state index contributed by atoms with van der Waals surface area (Å²) in [5.41, 5.74) is 2.62. The van der Waals surface area contributed by atoms with Gasteiger partial charge in [0.25, 0.3) is 0 Å². The van der Waals surface area contributed by atoms with Crippen LogP contribution in [-0.4, -0.2) is 11.0 Å². The van der Waals surface area contributed by atoms with Gasteiger partial charge in [0.1, 0.15) is 0 Å². The Morgan fingerprint density at radius 3 is 2.53 bits per heavy atom. The molecule has 0 saturated heterocycles. The Balaban J connectivity index is 2.67. The quantitative estimate of drug-likeness (QED) is 0.843. The molecule has 0 spiro atoms. The molecule has 0 saturated carbocycles. The number of aliphatic hydroxyl groups excluding tert-OH is 1. The summed E-state index contributed by atoms with van der Waals surface area (Å²) in [7, 11) is 0. The van der Waals surface area contributed by atoms with Crippen LogP contribution in [0.1, 0.15) is 37.5 Å². The van der Waals surface area contributed by atoms with Crippen molar-refractivity contribution in [2.75, 3.05) is 0 Å². The zero-order valence-corrected chi connectivity index (χ0v) is 11.0. The van der Waals surface area contributed by atoms with Crippen LogP contribution in [0.2, 0.25) is 0 Å². The van der Waals surface area contributed by atoms with E-state index in [1.54, 1.807) is 0 Å². The third-order valence-corrected chi connectivity index (χ3v) is 2.72. The Bertz CT molecular complexity index is 405. The third-order valence-electron chi connectivity index (χ3n) is 2.72. The van der Waals surface area contributed by atoms with Crippen LogP contribution in [0, 0.1) is 12.3 Å². The minimum absolute atomic E-state index is 0.0311. The maximum atomic E-state index is 11.7. The number of aryl methyl sites for hydroxylation is 1. The van der Waals surface area contributed by atoms with Gasteiger partial charge in [-0.25, -0.2) is 0 Å². The van der Waals surface area contributed by atoms with Crippen molar-refractivity contribution in [2.24, 2.45) is 5.41 Å². The number of hydrogen-bond acceptors (Lipinski definition) is 2. The molecule has 0 bridgehead atoms. The number of rotatable bonds is 3. The van der Waals surface area contributed by atoms with Gasteiger partial charge in [-0.2, -0.15) is 0 Å². The number of aliphatic hydroxyl groups is 1. The maximum Gasteiger partial charge on any atom is 0.225 e. The van der Waals surface area contributed by atoms with Crippen LogP contribution in [0.4, 0.5) is 0 Å². The second kappa shape index (κ2) is 5.32. The van der Waals surface area contributed by atoms with Gasteiger partial charge >= 0.3 is 0 Å². The Kier molecular flexibility index (Phi) is 4.29. The average Bonchev–Trinajstić information content (AvgIpc) is 2.26. The molecular formula is C14H21NO2. The van der Waals surface area contributed by atoms with Crippen molar-refractivity contribution in [1.29, 1.82) is 0 Å². The van der Waals surface area contributed by atoms with E-state index in [9.17, 15) is 4.79 Å². The smallest absolute Gasteiger partial charge is 0.225 e. The highest BCUT2D eigenvalue weighted by Gasteiger charge is 2.20. The minimum atomic E-state index is -0.371. The molecule has 0 fully saturated rings. The van der Waals surface area contributed by atoms with E-state index in [-0.39, 0.29) is 17.9 Å². The van der Waals surface area contributed by atoms with Gasteiger partial charge in [0.2, 0.25) is 5.91 Å². The van der Waals surface area contributed by atoms with Crippen LogP contribution in [0.5, 0.6) is 0 Å². The number of benzene rings is 1. The molecule has 0 aliphatic rings. The number of hydrogen-bond donors (Lipinski definition) is 2. The van der Waals surface area contributed by atoms with E-state index in [1.807, 2.05) is 45.9 Å². The van der Waals surface area contributed by atoms with Gasteiger partial charge in [0.15, 0.2) is 0 Å². The van der Waals surface area contributed by atoms with Crippen LogP contribution in [0.15, 0.2) is 18.2 Å². The summed E-state index contributed by atoms with van der Waals surface area (Å²) in [5, 5.41) is 12.1. The second-order valence-corrected chi connectivity index (χ2v) is 5.35. The van der Waals surface area contributed by atoms with Gasteiger partial charge in [0, 0.05) is 12.0 Å². The second-order valence-electron chi connectivity index (χ2n) is 5.35. The molecular weight excluding hydrogens is 214 g/mol. The minimum Gasteiger partial charge on any atom is -0.392 e. The summed E-state index contributed by atoms with van der Waals surface area (Å²) >= 11 is 0. The summed E-state index contributed by atoms with van der Waals surface area (Å²) in [6.45, 7) is 8.16. The lowest BCUT2D eigenvalue weighted by Gasteiger charge is -2.18. The first kappa shape index (κ1) is 13.7. The van der Waals surface area contributed by atoms with Gasteiger partial charge in [0.05, 0.1) is 6.61 Å². The fourth-order valence-corrected chi connectivity index (χ4v) is 1.45. The predicted octanol–water partition coefficient (Wildman–Crippen LogP) is 2.15. The summed E-state index contributed by atoms with van der Waals surface area (Å²) < 4.78 is 0. The number of carbonyl (C=O) groups is 1. The fraction of sp³-hybridized carbons (Fsp3) is 0.500. The third kappa shape index (κ3) is 3.86. The molecule has 0 aromatic heterocycles. The van der Waals surface area contributed by atoms with Gasteiger partial charge in [-0.05, 0) is 23.6 Å². The van der Waals surface area contributed by atoms with Gasteiger partial charge in [-0.3, -0.25) is 4.79 Å². The summed E-state index contributed by atoms with van der Waals surface area (Å²) in [6, 6.07) is 5.86. The molecule has 0 atom stereocenters. The summed E-state index contributed by atoms with van der Waals surface area (Å²) in [5.74, 6) is 0.0311. The monoisotopic (exact) mass is 235 g/mol. The van der Waals surface area contributed by atoms with Crippen LogP contribution in [-0.2, 0) is 17.9 Å². The molecule has 0 aliphatic heterocycles. The van der Waals surface area contributed by atoms with E-state index in [0.29, 0.717) is 6.54 Å². The molecule has 0 heterocycles. The van der Waals surface area contributed by atoms with E-state index in [4.69, 9.17) is 5.11 Å². The molecule has 1 aromatic carbocycles. The molecule has 1 aromatic rings. The van der Waals surface area contributed by atoms with Crippen LogP contribution < -0.4 is 5.32 Å². The highest BCUT2D eigenvalue weighted by Crippen LogP contribution is 2.14. The first-order chi connectivity index (χ1) is 7.84. The molecule has 94 valence electrons. The SMILES string of the molecule is Cc1ccc(CNC(=O)C(C)(C)C)cc1CO. The molecule has 1 amide bonds. The highest BCUT2D eigenvalue weighted by atomic mass is 16.3. The average molecular weight is 235 g/mol. The standard InChI is InChI=1S/C14H21NO2/c1-10-5-6-11(7-12(10)9-16)8-15-13(17)14(2,3)4/h5-7,16H,8-9H2,1-4H3,(H,15,17). The molecule has 2 N–H and O–H groups in total. The van der Waals surface area contributed by atoms with E-state index in [0.717, 1.165) is 16.7 Å². The van der Waals surface area contributed by atoms with Gasteiger partial charge < -0.3 is 10.4 Å². The Labute approximate surface area is 103 Å². The Morgan fingerprint density at radius 2 is 2.00 bits per heavy atom. The van der Waals surface area contributed by atoms with Crippen molar-refractivity contribution in [3.63, 3.8) is 0 Å². The first-order valence-electron chi connectivity index (χ1n) is 5.82. The topological polar surface area (TPSA) is 49.3 Å². The van der Waals surface area contributed by atoms with Crippen molar-refractivity contribution in [3.8, 4) is 0 Å². The molecule has 0 unspecified atom stereocenters. The van der Waals surface area contributed by atoms with Crippen molar-refractivity contribution in [1.82, 2.24) is 5.32 Å². The lowest BCUT2D eigenvalue weighted by atomic mass is 9.95. The number of nitrogens with one attached hydrogen (secondary N) is 1. The normalized spacial score (nSPS) is 11.4. The van der Waals surface area contributed by atoms with Crippen molar-refractivity contribution >= 4 is 5.91 Å². The van der Waals surface area contributed by atoms with Crippen molar-refractivity contribution < 1.29 is 9.90 Å². The zero-order chi connectivity index (χ0) is 13.1. The molecule has 0 aliphatic carbocycles. The van der Waals surface area contributed by atoms with E-state index in [2.05, 4.69) is 5.32 Å². The summed E-state index contributed by atoms with van der Waals surface area (Å²) in [6.07, 6.45) is 0. The Morgan fingerprint density at radius 1 is 1.35 bits per heavy atom. The molecule has 1 rings (SSSR count). The lowest BCUT2D eigenvalue weighted by molar-refractivity contribution is -0.128. The van der Waals surface area contributed by atoms with Crippen LogP contribution >= 0.6 is 0 Å². The van der Waals surface area contributed by atoms with E-state index in [1.165, 1.54) is 0 Å². The number of amides is 1. The number of carbonyl (C=O) groups excluding carboxylic acids is 1. The van der Waals surface area contributed by atoms with Crippen LogP contribution in [0.3, 0.4) is 0 Å². The highest BCUT2D eigenvalue weighted by molar-refractivity contribution is 5.81. The van der Waals surface area contributed by atoms with E-state index >= 15 is 0 Å². The molecule has 3 heteroatoms. The molecule has 0 radical (unpaired) electrons. The fourth-order valence-electron chi connectivity index (χ4n) is 1.45. The molecule has 17 heavy (non-hydrogen) atoms. The van der Waals surface area contributed by atoms with Gasteiger partial charge in [-0.1, -0.05) is 39.0 Å². The van der Waals surface area contributed by atoms with Crippen LogP contribution in [0.25, 0.3) is 0 Å².